The van der Waals surface area contributed by atoms with E-state index in [0.717, 1.165) is 29.2 Å². The van der Waals surface area contributed by atoms with Gasteiger partial charge in [0.05, 0.1) is 18.3 Å². The molecule has 1 unspecified atom stereocenters. The molecule has 0 amide bonds. The first kappa shape index (κ1) is 14.7. The van der Waals surface area contributed by atoms with Gasteiger partial charge in [-0.3, -0.25) is 0 Å². The van der Waals surface area contributed by atoms with Crippen molar-refractivity contribution in [3.05, 3.63) is 54.1 Å². The van der Waals surface area contributed by atoms with E-state index in [1.165, 1.54) is 0 Å². The Labute approximate surface area is 131 Å². The Morgan fingerprint density at radius 2 is 1.95 bits per heavy atom. The molecule has 22 heavy (non-hydrogen) atoms. The number of anilines is 2. The lowest BCUT2D eigenvalue weighted by atomic mass is 10.1. The molecule has 1 aliphatic rings. The van der Waals surface area contributed by atoms with Crippen molar-refractivity contribution < 1.29 is 9.84 Å². The number of β-amino-alcohol motifs (C(OH)–C–C–N with tert-alkyl or cyclic N) is 1. The van der Waals surface area contributed by atoms with Gasteiger partial charge in [-0.05, 0) is 17.7 Å². The highest BCUT2D eigenvalue weighted by molar-refractivity contribution is 5.66. The van der Waals surface area contributed by atoms with Crippen molar-refractivity contribution in [2.75, 3.05) is 43.6 Å². The molecule has 0 aromatic heterocycles. The van der Waals surface area contributed by atoms with Gasteiger partial charge in [-0.25, -0.2) is 0 Å². The molecular formula is C18H22N2O2. The molecule has 4 heteroatoms. The van der Waals surface area contributed by atoms with E-state index < -0.39 is 6.10 Å². The number of aliphatic hydroxyl groups excluding tert-OH is 1. The predicted molar refractivity (Wildman–Crippen MR) is 89.9 cm³/mol. The first-order valence-electron chi connectivity index (χ1n) is 7.57. The second-order valence-corrected chi connectivity index (χ2v) is 5.77. The highest BCUT2D eigenvalue weighted by Gasteiger charge is 2.21. The third kappa shape index (κ3) is 3.02. The first-order chi connectivity index (χ1) is 10.6. The molecule has 1 heterocycles. The van der Waals surface area contributed by atoms with E-state index in [1.54, 1.807) is 0 Å². The van der Waals surface area contributed by atoms with Crippen LogP contribution in [0.5, 0.6) is 5.75 Å². The molecule has 0 spiro atoms. The van der Waals surface area contributed by atoms with Crippen molar-refractivity contribution in [3.8, 4) is 5.75 Å². The van der Waals surface area contributed by atoms with Crippen LogP contribution in [0.1, 0.15) is 11.7 Å². The Hall–Kier alpha value is -2.20. The second kappa shape index (κ2) is 6.28. The van der Waals surface area contributed by atoms with Gasteiger partial charge in [-0.15, -0.1) is 0 Å². The van der Waals surface area contributed by atoms with Crippen LogP contribution in [0, 0.1) is 0 Å². The van der Waals surface area contributed by atoms with Gasteiger partial charge in [-0.1, -0.05) is 30.3 Å². The summed E-state index contributed by atoms with van der Waals surface area (Å²) in [6, 6.07) is 16.0. The summed E-state index contributed by atoms with van der Waals surface area (Å²) in [5.74, 6) is 0.887. The molecule has 0 saturated heterocycles. The topological polar surface area (TPSA) is 35.9 Å². The molecule has 0 fully saturated rings. The van der Waals surface area contributed by atoms with E-state index >= 15 is 0 Å². The molecule has 2 aromatic carbocycles. The highest BCUT2D eigenvalue weighted by atomic mass is 16.5. The third-order valence-electron chi connectivity index (χ3n) is 4.00. The summed E-state index contributed by atoms with van der Waals surface area (Å²) >= 11 is 0. The van der Waals surface area contributed by atoms with Gasteiger partial charge in [0, 0.05) is 32.4 Å². The molecule has 4 nitrogen and oxygen atoms in total. The van der Waals surface area contributed by atoms with Crippen molar-refractivity contribution in [2.24, 2.45) is 0 Å². The number of benzene rings is 2. The van der Waals surface area contributed by atoms with Crippen LogP contribution in [0.25, 0.3) is 0 Å². The third-order valence-corrected chi connectivity index (χ3v) is 4.00. The number of rotatable bonds is 4. The van der Waals surface area contributed by atoms with E-state index in [4.69, 9.17) is 4.74 Å². The quantitative estimate of drug-likeness (QED) is 0.941. The molecule has 0 aliphatic carbocycles. The normalized spacial score (nSPS) is 15.0. The Morgan fingerprint density at radius 1 is 1.18 bits per heavy atom. The Morgan fingerprint density at radius 3 is 2.68 bits per heavy atom. The fraction of sp³-hybridized carbons (Fsp3) is 0.333. The first-order valence-corrected chi connectivity index (χ1v) is 7.57. The van der Waals surface area contributed by atoms with Crippen LogP contribution in [0.3, 0.4) is 0 Å². The van der Waals surface area contributed by atoms with Crippen molar-refractivity contribution in [3.63, 3.8) is 0 Å². The minimum Gasteiger partial charge on any atom is -0.489 e. The van der Waals surface area contributed by atoms with Crippen LogP contribution < -0.4 is 14.5 Å². The molecule has 2 aromatic rings. The van der Waals surface area contributed by atoms with E-state index in [2.05, 4.69) is 28.0 Å². The minimum absolute atomic E-state index is 0.499. The molecule has 0 saturated carbocycles. The van der Waals surface area contributed by atoms with Crippen LogP contribution in [0.4, 0.5) is 11.4 Å². The molecule has 1 atom stereocenters. The summed E-state index contributed by atoms with van der Waals surface area (Å²) in [5.41, 5.74) is 3.11. The Kier molecular flexibility index (Phi) is 4.20. The lowest BCUT2D eigenvalue weighted by Crippen LogP contribution is -2.36. The van der Waals surface area contributed by atoms with Crippen LogP contribution in [0.15, 0.2) is 48.5 Å². The van der Waals surface area contributed by atoms with Crippen molar-refractivity contribution >= 4 is 11.4 Å². The van der Waals surface area contributed by atoms with Crippen LogP contribution in [-0.4, -0.2) is 38.9 Å². The zero-order valence-electron chi connectivity index (χ0n) is 13.1. The molecule has 116 valence electrons. The fourth-order valence-corrected chi connectivity index (χ4v) is 2.72. The van der Waals surface area contributed by atoms with E-state index in [-0.39, 0.29) is 0 Å². The number of ether oxygens (including phenoxy) is 1. The van der Waals surface area contributed by atoms with E-state index in [0.29, 0.717) is 13.2 Å². The Balaban J connectivity index is 1.80. The summed E-state index contributed by atoms with van der Waals surface area (Å²) in [6.45, 7) is 2.01. The minimum atomic E-state index is -0.499. The fourth-order valence-electron chi connectivity index (χ4n) is 2.72. The molecule has 0 radical (unpaired) electrons. The second-order valence-electron chi connectivity index (χ2n) is 5.77. The van der Waals surface area contributed by atoms with Gasteiger partial charge in [-0.2, -0.15) is 0 Å². The lowest BCUT2D eigenvalue weighted by molar-refractivity contribution is 0.179. The smallest absolute Gasteiger partial charge is 0.144 e. The predicted octanol–water partition coefficient (Wildman–Crippen LogP) is 2.69. The van der Waals surface area contributed by atoms with Crippen molar-refractivity contribution in [2.45, 2.75) is 6.10 Å². The van der Waals surface area contributed by atoms with E-state index in [1.807, 2.05) is 44.4 Å². The number of nitrogens with zero attached hydrogens (tertiary/aromatic N) is 2. The van der Waals surface area contributed by atoms with E-state index in [9.17, 15) is 5.11 Å². The summed E-state index contributed by atoms with van der Waals surface area (Å²) in [7, 11) is 4.03. The average Bonchev–Trinajstić information content (AvgIpc) is 2.55. The lowest BCUT2D eigenvalue weighted by Gasteiger charge is -2.33. The van der Waals surface area contributed by atoms with Gasteiger partial charge in [0.15, 0.2) is 0 Å². The molecule has 0 bridgehead atoms. The monoisotopic (exact) mass is 298 g/mol. The SMILES string of the molecule is CN(C)c1ccc2c(c1)OCCN2CC(O)c1ccccc1. The maximum absolute atomic E-state index is 10.5. The van der Waals surface area contributed by atoms with Gasteiger partial charge in [0.25, 0.3) is 0 Å². The standard InChI is InChI=1S/C18H22N2O2/c1-19(2)15-8-9-16-18(12-15)22-11-10-20(16)13-17(21)14-6-4-3-5-7-14/h3-9,12,17,21H,10-11,13H2,1-2H3. The van der Waals surface area contributed by atoms with Gasteiger partial charge in [0.1, 0.15) is 12.4 Å². The number of hydrogen-bond acceptors (Lipinski definition) is 4. The molecular weight excluding hydrogens is 276 g/mol. The summed E-state index contributed by atoms with van der Waals surface area (Å²) in [6.07, 6.45) is -0.499. The van der Waals surface area contributed by atoms with Crippen LogP contribution >= 0.6 is 0 Å². The summed E-state index contributed by atoms with van der Waals surface area (Å²) in [4.78, 5) is 4.25. The summed E-state index contributed by atoms with van der Waals surface area (Å²) < 4.78 is 5.78. The van der Waals surface area contributed by atoms with Crippen molar-refractivity contribution in [1.29, 1.82) is 0 Å². The highest BCUT2D eigenvalue weighted by Crippen LogP contribution is 2.35. The largest absolute Gasteiger partial charge is 0.489 e. The molecule has 1 N–H and O–H groups in total. The van der Waals surface area contributed by atoms with Crippen LogP contribution in [0.2, 0.25) is 0 Å². The maximum Gasteiger partial charge on any atom is 0.144 e. The average molecular weight is 298 g/mol. The zero-order valence-corrected chi connectivity index (χ0v) is 13.1. The maximum atomic E-state index is 10.5. The van der Waals surface area contributed by atoms with Crippen LogP contribution in [-0.2, 0) is 0 Å². The molecule has 1 aliphatic heterocycles. The zero-order chi connectivity index (χ0) is 15.5. The van der Waals surface area contributed by atoms with Crippen molar-refractivity contribution in [1.82, 2.24) is 0 Å². The number of aliphatic hydroxyl groups is 1. The van der Waals surface area contributed by atoms with Gasteiger partial charge < -0.3 is 19.6 Å². The Bertz CT molecular complexity index is 628. The van der Waals surface area contributed by atoms with Gasteiger partial charge >= 0.3 is 0 Å². The van der Waals surface area contributed by atoms with Gasteiger partial charge in [0.2, 0.25) is 0 Å². The summed E-state index contributed by atoms with van der Waals surface area (Å²) in [5, 5.41) is 10.5. The number of fused-ring (bicyclic) bond motifs is 1. The number of hydrogen-bond donors (Lipinski definition) is 1. The molecule has 3 rings (SSSR count).